The molecule has 0 saturated carbocycles. The minimum Gasteiger partial charge on any atom is -0.391 e. The van der Waals surface area contributed by atoms with E-state index in [2.05, 4.69) is 10.4 Å². The maximum absolute atomic E-state index is 12.7. The molecule has 0 radical (unpaired) electrons. The van der Waals surface area contributed by atoms with Crippen LogP contribution in [0.1, 0.15) is 39.2 Å². The van der Waals surface area contributed by atoms with E-state index >= 15 is 0 Å². The lowest BCUT2D eigenvalue weighted by Crippen LogP contribution is -2.46. The molecule has 1 aliphatic heterocycles. The number of benzene rings is 1. The van der Waals surface area contributed by atoms with Gasteiger partial charge in [0.2, 0.25) is 11.8 Å². The predicted octanol–water partition coefficient (Wildman–Crippen LogP) is 2.10. The van der Waals surface area contributed by atoms with Gasteiger partial charge in [-0.1, -0.05) is 45.0 Å². The third-order valence-electron chi connectivity index (χ3n) is 5.12. The molecule has 2 heterocycles. The number of aryl methyl sites for hydroxylation is 1. The quantitative estimate of drug-likeness (QED) is 0.807. The van der Waals surface area contributed by atoms with Crippen LogP contribution >= 0.6 is 0 Å². The fourth-order valence-corrected chi connectivity index (χ4v) is 3.65. The Balaban J connectivity index is 1.60. The van der Waals surface area contributed by atoms with Crippen molar-refractivity contribution in [3.05, 3.63) is 42.1 Å². The summed E-state index contributed by atoms with van der Waals surface area (Å²) in [5.41, 5.74) is 2.88. The topological polar surface area (TPSA) is 87.5 Å². The predicted molar refractivity (Wildman–Crippen MR) is 111 cm³/mol. The van der Waals surface area contributed by atoms with Crippen LogP contribution in [-0.2, 0) is 23.2 Å². The van der Waals surface area contributed by atoms with Crippen LogP contribution in [0.3, 0.4) is 0 Å². The summed E-state index contributed by atoms with van der Waals surface area (Å²) in [5, 5.41) is 17.1. The molecule has 7 heteroatoms. The Morgan fingerprint density at radius 3 is 2.48 bits per heavy atom. The molecule has 7 nitrogen and oxygen atoms in total. The third kappa shape index (κ3) is 5.23. The van der Waals surface area contributed by atoms with Crippen molar-refractivity contribution in [2.45, 2.75) is 52.3 Å². The van der Waals surface area contributed by atoms with Crippen molar-refractivity contribution >= 4 is 11.8 Å². The number of nitrogens with one attached hydrogen (secondary N) is 1. The molecule has 2 atom stereocenters. The standard InChI is InChI=1S/C22H30N4O3/c1-22(2,3)12-20(28)26-14-17(27)11-19(26)21(29)23-13-15-5-7-16(8-6-15)18-9-10-24-25(18)4/h5-10,17,19,27H,11-14H2,1-4H3,(H,23,29)/t17-,19+/m1/s1. The Morgan fingerprint density at radius 1 is 1.21 bits per heavy atom. The molecule has 3 rings (SSSR count). The number of β-amino-alcohol motifs (C(OH)–C–C–N with tert-alkyl or cyclic N) is 1. The number of rotatable bonds is 5. The summed E-state index contributed by atoms with van der Waals surface area (Å²) < 4.78 is 1.81. The number of carbonyl (C=O) groups excluding carboxylic acids is 2. The number of hydrogen-bond acceptors (Lipinski definition) is 4. The lowest BCUT2D eigenvalue weighted by atomic mass is 9.91. The van der Waals surface area contributed by atoms with E-state index in [1.54, 1.807) is 6.20 Å². The first-order valence-corrected chi connectivity index (χ1v) is 9.96. The average Bonchev–Trinajstić information content (AvgIpc) is 3.24. The van der Waals surface area contributed by atoms with Gasteiger partial charge in [0.05, 0.1) is 11.8 Å². The largest absolute Gasteiger partial charge is 0.391 e. The zero-order valence-corrected chi connectivity index (χ0v) is 17.6. The van der Waals surface area contributed by atoms with Crippen molar-refractivity contribution in [3.63, 3.8) is 0 Å². The second-order valence-corrected chi connectivity index (χ2v) is 8.94. The average molecular weight is 399 g/mol. The van der Waals surface area contributed by atoms with Gasteiger partial charge in [0.15, 0.2) is 0 Å². The molecule has 2 N–H and O–H groups in total. The van der Waals surface area contributed by atoms with Gasteiger partial charge < -0.3 is 15.3 Å². The number of carbonyl (C=O) groups is 2. The molecule has 2 aromatic rings. The van der Waals surface area contributed by atoms with E-state index in [4.69, 9.17) is 0 Å². The van der Waals surface area contributed by atoms with Crippen LogP contribution in [0.2, 0.25) is 0 Å². The highest BCUT2D eigenvalue weighted by Crippen LogP contribution is 2.25. The fraction of sp³-hybridized carbons (Fsp3) is 0.500. The lowest BCUT2D eigenvalue weighted by molar-refractivity contribution is -0.140. The molecule has 1 saturated heterocycles. The first-order valence-electron chi connectivity index (χ1n) is 9.96. The summed E-state index contributed by atoms with van der Waals surface area (Å²) in [7, 11) is 1.90. The number of aliphatic hydroxyl groups excluding tert-OH is 1. The van der Waals surface area contributed by atoms with Crippen molar-refractivity contribution in [2.24, 2.45) is 12.5 Å². The normalized spacial score (nSPS) is 19.4. The van der Waals surface area contributed by atoms with Crippen LogP contribution < -0.4 is 5.32 Å². The molecule has 0 bridgehead atoms. The van der Waals surface area contributed by atoms with Crippen LogP contribution in [0.25, 0.3) is 11.3 Å². The Bertz CT molecular complexity index is 867. The monoisotopic (exact) mass is 398 g/mol. The maximum Gasteiger partial charge on any atom is 0.243 e. The first kappa shape index (κ1) is 21.0. The van der Waals surface area contributed by atoms with E-state index < -0.39 is 12.1 Å². The van der Waals surface area contributed by atoms with Crippen molar-refractivity contribution in [1.29, 1.82) is 0 Å². The Morgan fingerprint density at radius 2 is 1.90 bits per heavy atom. The summed E-state index contributed by atoms with van der Waals surface area (Å²) in [6.45, 7) is 6.55. The Hall–Kier alpha value is -2.67. The molecule has 156 valence electrons. The van der Waals surface area contributed by atoms with Gasteiger partial charge in [-0.15, -0.1) is 0 Å². The number of nitrogens with zero attached hydrogens (tertiary/aromatic N) is 3. The van der Waals surface area contributed by atoms with Crippen molar-refractivity contribution < 1.29 is 14.7 Å². The second kappa shape index (κ2) is 8.37. The van der Waals surface area contributed by atoms with Crippen LogP contribution in [0.4, 0.5) is 0 Å². The molecule has 0 unspecified atom stereocenters. The van der Waals surface area contributed by atoms with Crippen LogP contribution in [0, 0.1) is 5.41 Å². The molecule has 1 aliphatic rings. The van der Waals surface area contributed by atoms with Gasteiger partial charge in [-0.2, -0.15) is 5.10 Å². The maximum atomic E-state index is 12.7. The molecule has 29 heavy (non-hydrogen) atoms. The van der Waals surface area contributed by atoms with Gasteiger partial charge in [-0.05, 0) is 22.6 Å². The van der Waals surface area contributed by atoms with Gasteiger partial charge >= 0.3 is 0 Å². The van der Waals surface area contributed by atoms with Gasteiger partial charge in [-0.25, -0.2) is 0 Å². The van der Waals surface area contributed by atoms with Gasteiger partial charge in [0, 0.05) is 39.2 Å². The molecular formula is C22H30N4O3. The molecule has 0 spiro atoms. The SMILES string of the molecule is Cn1nccc1-c1ccc(CNC(=O)[C@@H]2C[C@@H](O)CN2C(=O)CC(C)(C)C)cc1. The van der Waals surface area contributed by atoms with Crippen LogP contribution in [0.15, 0.2) is 36.5 Å². The number of aliphatic hydroxyl groups is 1. The molecule has 1 aromatic carbocycles. The summed E-state index contributed by atoms with van der Waals surface area (Å²) in [6.07, 6.45) is 1.72. The minimum atomic E-state index is -0.659. The highest BCUT2D eigenvalue weighted by Gasteiger charge is 2.39. The molecule has 2 amide bonds. The van der Waals surface area contributed by atoms with E-state index in [0.29, 0.717) is 13.0 Å². The Labute approximate surface area is 171 Å². The lowest BCUT2D eigenvalue weighted by Gasteiger charge is -2.27. The number of amides is 2. The van der Waals surface area contributed by atoms with Crippen LogP contribution in [0.5, 0.6) is 0 Å². The summed E-state index contributed by atoms with van der Waals surface area (Å²) in [4.78, 5) is 26.8. The summed E-state index contributed by atoms with van der Waals surface area (Å²) in [5.74, 6) is -0.311. The third-order valence-corrected chi connectivity index (χ3v) is 5.12. The molecule has 1 fully saturated rings. The molecule has 0 aliphatic carbocycles. The van der Waals surface area contributed by atoms with Crippen molar-refractivity contribution in [1.82, 2.24) is 20.0 Å². The van der Waals surface area contributed by atoms with Gasteiger partial charge in [0.25, 0.3) is 0 Å². The highest BCUT2D eigenvalue weighted by atomic mass is 16.3. The Kier molecular flexibility index (Phi) is 6.07. The molecule has 1 aromatic heterocycles. The van der Waals surface area contributed by atoms with Crippen molar-refractivity contribution in [3.8, 4) is 11.3 Å². The van der Waals surface area contributed by atoms with E-state index in [1.165, 1.54) is 4.90 Å². The van der Waals surface area contributed by atoms with Gasteiger partial charge in [0.1, 0.15) is 6.04 Å². The van der Waals surface area contributed by atoms with Crippen molar-refractivity contribution in [2.75, 3.05) is 6.54 Å². The summed E-state index contributed by atoms with van der Waals surface area (Å²) in [6, 6.07) is 9.26. The van der Waals surface area contributed by atoms with E-state index in [-0.39, 0.29) is 30.2 Å². The second-order valence-electron chi connectivity index (χ2n) is 8.94. The number of likely N-dealkylation sites (tertiary alicyclic amines) is 1. The highest BCUT2D eigenvalue weighted by molar-refractivity contribution is 5.88. The smallest absolute Gasteiger partial charge is 0.243 e. The fourth-order valence-electron chi connectivity index (χ4n) is 3.65. The number of aromatic nitrogens is 2. The number of hydrogen-bond donors (Lipinski definition) is 2. The molecular weight excluding hydrogens is 368 g/mol. The van der Waals surface area contributed by atoms with E-state index in [1.807, 2.05) is 62.8 Å². The van der Waals surface area contributed by atoms with Gasteiger partial charge in [-0.3, -0.25) is 14.3 Å². The van der Waals surface area contributed by atoms with Crippen LogP contribution in [-0.4, -0.2) is 50.3 Å². The zero-order valence-electron chi connectivity index (χ0n) is 17.6. The van der Waals surface area contributed by atoms with E-state index in [0.717, 1.165) is 16.8 Å². The minimum absolute atomic E-state index is 0.0882. The zero-order chi connectivity index (χ0) is 21.2. The summed E-state index contributed by atoms with van der Waals surface area (Å²) >= 11 is 0. The van der Waals surface area contributed by atoms with E-state index in [9.17, 15) is 14.7 Å². The first-order chi connectivity index (χ1) is 13.6.